The minimum absolute atomic E-state index is 0.00170. The van der Waals surface area contributed by atoms with Crippen molar-refractivity contribution in [1.29, 1.82) is 0 Å². The largest absolute Gasteiger partial charge is 0.467 e. The number of carbonyl (C=O) groups is 1. The van der Waals surface area contributed by atoms with E-state index in [1.807, 2.05) is 18.2 Å². The number of aromatic nitrogens is 2. The monoisotopic (exact) mass is 511 g/mol. The number of hydrogen-bond acceptors (Lipinski definition) is 7. The third-order valence-electron chi connectivity index (χ3n) is 6.22. The molecular formula is C26H27ClFN5O3. The van der Waals surface area contributed by atoms with Crippen LogP contribution in [0.2, 0.25) is 5.02 Å². The zero-order valence-electron chi connectivity index (χ0n) is 19.9. The number of hydrogen-bond donors (Lipinski definition) is 2. The van der Waals surface area contributed by atoms with Gasteiger partial charge < -0.3 is 20.1 Å². The van der Waals surface area contributed by atoms with Crippen LogP contribution < -0.4 is 15.4 Å². The molecule has 1 aromatic heterocycles. The number of methoxy groups -OCH3 is 1. The molecule has 0 radical (unpaired) electrons. The molecule has 1 amide bonds. The van der Waals surface area contributed by atoms with E-state index in [9.17, 15) is 9.18 Å². The molecule has 10 heteroatoms. The maximum absolute atomic E-state index is 13.6. The van der Waals surface area contributed by atoms with Crippen LogP contribution in [0.1, 0.15) is 24.3 Å². The lowest BCUT2D eigenvalue weighted by atomic mass is 10.0. The fourth-order valence-electron chi connectivity index (χ4n) is 4.17. The van der Waals surface area contributed by atoms with Crippen molar-refractivity contribution in [2.24, 2.45) is 0 Å². The Balaban J connectivity index is 1.44. The highest BCUT2D eigenvalue weighted by Crippen LogP contribution is 2.45. The summed E-state index contributed by atoms with van der Waals surface area (Å²) in [6, 6.07) is 8.39. The van der Waals surface area contributed by atoms with E-state index in [4.69, 9.17) is 21.1 Å². The van der Waals surface area contributed by atoms with Crippen LogP contribution in [0.15, 0.2) is 42.5 Å². The number of amides is 1. The first kappa shape index (κ1) is 24.4. The van der Waals surface area contributed by atoms with Gasteiger partial charge in [0.1, 0.15) is 11.6 Å². The number of fused-ring (bicyclic) bond motifs is 1. The third kappa shape index (κ3) is 5.75. The van der Waals surface area contributed by atoms with Gasteiger partial charge in [-0.1, -0.05) is 17.7 Å². The van der Waals surface area contributed by atoms with Crippen molar-refractivity contribution in [3.63, 3.8) is 0 Å². The van der Waals surface area contributed by atoms with Crippen molar-refractivity contribution >= 4 is 45.6 Å². The van der Waals surface area contributed by atoms with E-state index < -0.39 is 5.82 Å². The Morgan fingerprint density at radius 3 is 2.78 bits per heavy atom. The summed E-state index contributed by atoms with van der Waals surface area (Å²) in [5, 5.41) is 6.91. The van der Waals surface area contributed by atoms with E-state index in [1.165, 1.54) is 19.2 Å². The molecule has 0 spiro atoms. The zero-order valence-corrected chi connectivity index (χ0v) is 20.6. The number of anilines is 3. The molecule has 0 bridgehead atoms. The van der Waals surface area contributed by atoms with Crippen LogP contribution in [0.5, 0.6) is 6.01 Å². The molecule has 1 aliphatic heterocycles. The first-order chi connectivity index (χ1) is 17.5. The fraction of sp³-hybridized carbons (Fsp3) is 0.346. The smallest absolute Gasteiger partial charge is 0.318 e. The maximum atomic E-state index is 13.6. The second-order valence-electron chi connectivity index (χ2n) is 8.85. The van der Waals surface area contributed by atoms with E-state index in [-0.39, 0.29) is 16.9 Å². The lowest BCUT2D eigenvalue weighted by Gasteiger charge is -2.25. The fourth-order valence-corrected chi connectivity index (χ4v) is 4.36. The molecule has 0 unspecified atom stereocenters. The summed E-state index contributed by atoms with van der Waals surface area (Å²) in [4.78, 5) is 24.0. The Hall–Kier alpha value is -3.27. The van der Waals surface area contributed by atoms with E-state index >= 15 is 0 Å². The van der Waals surface area contributed by atoms with E-state index in [0.717, 1.165) is 50.4 Å². The predicted octanol–water partition coefficient (Wildman–Crippen LogP) is 4.88. The van der Waals surface area contributed by atoms with E-state index in [0.29, 0.717) is 34.9 Å². The molecular weight excluding hydrogens is 485 g/mol. The molecule has 2 fully saturated rings. The Labute approximate surface area is 213 Å². The molecule has 0 atom stereocenters. The minimum Gasteiger partial charge on any atom is -0.467 e. The number of carbonyl (C=O) groups excluding carboxylic acids is 1. The van der Waals surface area contributed by atoms with Gasteiger partial charge in [-0.3, -0.25) is 9.69 Å². The number of morpholine rings is 1. The number of rotatable bonds is 8. The zero-order chi connectivity index (χ0) is 25.1. The first-order valence-electron chi connectivity index (χ1n) is 11.9. The third-order valence-corrected chi connectivity index (χ3v) is 6.51. The van der Waals surface area contributed by atoms with E-state index in [1.54, 1.807) is 12.1 Å². The molecule has 36 heavy (non-hydrogen) atoms. The van der Waals surface area contributed by atoms with Gasteiger partial charge in [-0.2, -0.15) is 9.97 Å². The average molecular weight is 512 g/mol. The molecule has 8 nitrogen and oxygen atoms in total. The second kappa shape index (κ2) is 10.8. The van der Waals surface area contributed by atoms with Crippen molar-refractivity contribution < 1.29 is 18.7 Å². The minimum atomic E-state index is -0.506. The number of halogens is 2. The summed E-state index contributed by atoms with van der Waals surface area (Å²) in [7, 11) is 1.50. The predicted molar refractivity (Wildman–Crippen MR) is 138 cm³/mol. The molecule has 3 aromatic rings. The summed E-state index contributed by atoms with van der Waals surface area (Å²) in [5.74, 6) is 0.127. The van der Waals surface area contributed by atoms with Gasteiger partial charge >= 0.3 is 6.01 Å². The van der Waals surface area contributed by atoms with Crippen LogP contribution in [0.4, 0.5) is 21.6 Å². The SMILES string of the molecule is COc1nc(Nc2ccc(F)c(Cl)c2)c2cc(NC(=O)C=CCN3CCOCC3)c(C3CC3)cc2n1. The second-order valence-corrected chi connectivity index (χ2v) is 9.26. The Morgan fingerprint density at radius 1 is 1.25 bits per heavy atom. The van der Waals surface area contributed by atoms with E-state index in [2.05, 4.69) is 25.5 Å². The van der Waals surface area contributed by atoms with Crippen molar-refractivity contribution in [1.82, 2.24) is 14.9 Å². The van der Waals surface area contributed by atoms with Crippen molar-refractivity contribution in [2.75, 3.05) is 50.6 Å². The van der Waals surface area contributed by atoms with Crippen LogP contribution in [-0.2, 0) is 9.53 Å². The molecule has 2 aromatic carbocycles. The Morgan fingerprint density at radius 2 is 2.06 bits per heavy atom. The van der Waals surface area contributed by atoms with Gasteiger partial charge in [0.2, 0.25) is 5.91 Å². The quantitative estimate of drug-likeness (QED) is 0.417. The van der Waals surface area contributed by atoms with Gasteiger partial charge in [-0.05, 0) is 54.7 Å². The van der Waals surface area contributed by atoms with Crippen LogP contribution >= 0.6 is 11.6 Å². The summed E-state index contributed by atoms with van der Waals surface area (Å²) in [5.41, 5.74) is 3.00. The average Bonchev–Trinajstić information content (AvgIpc) is 3.72. The molecule has 188 valence electrons. The standard InChI is InChI=1S/C26H27ClFN5O3/c1-35-26-31-23-14-18(16-4-5-16)22(30-24(34)3-2-8-33-9-11-36-12-10-33)15-19(23)25(32-26)29-17-6-7-21(28)20(27)13-17/h2-3,6-7,13-16H,4-5,8-12H2,1H3,(H,30,34)(H,29,31,32). The number of benzene rings is 2. The molecule has 1 saturated heterocycles. The molecule has 2 aliphatic rings. The van der Waals surface area contributed by atoms with Crippen LogP contribution in [0.3, 0.4) is 0 Å². The normalized spacial score (nSPS) is 16.4. The Bertz CT molecular complexity index is 1310. The topological polar surface area (TPSA) is 88.6 Å². The maximum Gasteiger partial charge on any atom is 0.318 e. The van der Waals surface area contributed by atoms with Gasteiger partial charge in [0.25, 0.3) is 0 Å². The van der Waals surface area contributed by atoms with Crippen molar-refractivity contribution in [3.8, 4) is 6.01 Å². The number of nitrogens with zero attached hydrogens (tertiary/aromatic N) is 3. The van der Waals surface area contributed by atoms with Crippen LogP contribution in [0.25, 0.3) is 10.9 Å². The van der Waals surface area contributed by atoms with Crippen molar-refractivity contribution in [3.05, 3.63) is 58.9 Å². The lowest BCUT2D eigenvalue weighted by Crippen LogP contribution is -2.36. The van der Waals surface area contributed by atoms with Crippen molar-refractivity contribution in [2.45, 2.75) is 18.8 Å². The number of ether oxygens (including phenoxy) is 2. The molecule has 1 saturated carbocycles. The lowest BCUT2D eigenvalue weighted by molar-refractivity contribution is -0.111. The summed E-state index contributed by atoms with van der Waals surface area (Å²) >= 11 is 5.96. The van der Waals surface area contributed by atoms with Gasteiger partial charge in [0, 0.05) is 42.5 Å². The molecule has 1 aliphatic carbocycles. The van der Waals surface area contributed by atoms with Gasteiger partial charge in [0.15, 0.2) is 0 Å². The van der Waals surface area contributed by atoms with Crippen LogP contribution in [-0.4, -0.2) is 60.7 Å². The number of nitrogens with one attached hydrogen (secondary N) is 2. The Kier molecular flexibility index (Phi) is 7.31. The highest BCUT2D eigenvalue weighted by atomic mass is 35.5. The highest BCUT2D eigenvalue weighted by molar-refractivity contribution is 6.31. The van der Waals surface area contributed by atoms with Crippen LogP contribution in [0, 0.1) is 5.82 Å². The van der Waals surface area contributed by atoms with Gasteiger partial charge in [-0.15, -0.1) is 0 Å². The molecule has 2 N–H and O–H groups in total. The summed E-state index contributed by atoms with van der Waals surface area (Å²) in [6.07, 6.45) is 5.56. The summed E-state index contributed by atoms with van der Waals surface area (Å²) < 4.78 is 24.3. The molecule has 5 rings (SSSR count). The summed E-state index contributed by atoms with van der Waals surface area (Å²) in [6.45, 7) is 3.86. The van der Waals surface area contributed by atoms with Gasteiger partial charge in [-0.25, -0.2) is 4.39 Å². The highest BCUT2D eigenvalue weighted by Gasteiger charge is 2.28. The molecule has 2 heterocycles. The first-order valence-corrected chi connectivity index (χ1v) is 12.3. The van der Waals surface area contributed by atoms with Gasteiger partial charge in [0.05, 0.1) is 30.9 Å².